The zero-order valence-electron chi connectivity index (χ0n) is 6.41. The minimum atomic E-state index is -3.01. The average Bonchev–Trinajstić information content (AvgIpc) is 1.78. The summed E-state index contributed by atoms with van der Waals surface area (Å²) in [7, 11) is 0. The highest BCUT2D eigenvalue weighted by Gasteiger charge is 2.24. The normalized spacial score (nSPS) is 12.8. The molecule has 0 saturated heterocycles. The monoisotopic (exact) mass is 246 g/mol. The Morgan fingerprint density at radius 3 is 2.00 bits per heavy atom. The first kappa shape index (κ1) is 13.4. The van der Waals surface area contributed by atoms with Crippen LogP contribution in [0.2, 0.25) is 0 Å². The number of rotatable bonds is 4. The lowest BCUT2D eigenvalue weighted by Crippen LogP contribution is -2.35. The van der Waals surface area contributed by atoms with Crippen LogP contribution >= 0.6 is 37.9 Å². The summed E-state index contributed by atoms with van der Waals surface area (Å²) in [6.45, 7) is -0.933. The van der Waals surface area contributed by atoms with Crippen molar-refractivity contribution in [2.24, 2.45) is 0 Å². The van der Waals surface area contributed by atoms with E-state index in [1.807, 2.05) is 0 Å². The van der Waals surface area contributed by atoms with E-state index in [1.54, 1.807) is 0 Å². The Balaban J connectivity index is 3.78. The molecule has 0 radical (unpaired) electrons. The van der Waals surface area contributed by atoms with Crippen molar-refractivity contribution >= 4 is 43.9 Å². The molecule has 3 N–H and O–H groups in total. The van der Waals surface area contributed by atoms with Gasteiger partial charge in [0.1, 0.15) is 3.41 Å². The maximum Gasteiger partial charge on any atom is 0.311 e. The van der Waals surface area contributed by atoms with E-state index in [1.165, 1.54) is 0 Å². The molecule has 0 saturated carbocycles. The second kappa shape index (κ2) is 4.76. The van der Waals surface area contributed by atoms with Gasteiger partial charge in [-0.05, 0) is 0 Å². The van der Waals surface area contributed by atoms with Crippen molar-refractivity contribution in [2.45, 2.75) is 15.8 Å². The van der Waals surface area contributed by atoms with Gasteiger partial charge in [0.2, 0.25) is 0 Å². The summed E-state index contributed by atoms with van der Waals surface area (Å²) >= 11 is 11.4. The molecule has 0 aliphatic carbocycles. The Morgan fingerprint density at radius 2 is 1.69 bits per heavy atom. The SMILES string of the molecule is O=C(CC(S)(S)S)OCC(O)(O)O. The lowest BCUT2D eigenvalue weighted by atomic mass is 10.5. The molecule has 0 bridgehead atoms. The van der Waals surface area contributed by atoms with Gasteiger partial charge in [-0.25, -0.2) is 0 Å². The molecular weight excluding hydrogens is 236 g/mol. The van der Waals surface area contributed by atoms with Crippen LogP contribution in [0.4, 0.5) is 0 Å². The second-order valence-electron chi connectivity index (χ2n) is 2.39. The van der Waals surface area contributed by atoms with Crippen LogP contribution in [0.3, 0.4) is 0 Å². The number of hydrogen-bond acceptors (Lipinski definition) is 8. The van der Waals surface area contributed by atoms with E-state index in [4.69, 9.17) is 15.3 Å². The summed E-state index contributed by atoms with van der Waals surface area (Å²) in [5, 5.41) is 25.0. The molecule has 5 nitrogen and oxygen atoms in total. The predicted octanol–water partition coefficient (Wildman–Crippen LogP) is -1.01. The van der Waals surface area contributed by atoms with Crippen molar-refractivity contribution < 1.29 is 24.9 Å². The third-order valence-corrected chi connectivity index (χ3v) is 1.28. The van der Waals surface area contributed by atoms with Gasteiger partial charge in [-0.3, -0.25) is 4.79 Å². The molecule has 0 atom stereocenters. The number of thiol groups is 3. The topological polar surface area (TPSA) is 87.0 Å². The number of hydrogen-bond donors (Lipinski definition) is 6. The van der Waals surface area contributed by atoms with Crippen molar-refractivity contribution in [3.05, 3.63) is 0 Å². The molecule has 0 fully saturated rings. The summed E-state index contributed by atoms with van der Waals surface area (Å²) in [5.74, 6) is -3.82. The van der Waals surface area contributed by atoms with Gasteiger partial charge in [-0.2, -0.15) is 37.9 Å². The minimum Gasteiger partial charge on any atom is -0.457 e. The highest BCUT2D eigenvalue weighted by Crippen LogP contribution is 2.28. The predicted molar refractivity (Wildman–Crippen MR) is 54.7 cm³/mol. The molecular formula is C5H10O5S3. The number of aliphatic hydroxyl groups is 3. The van der Waals surface area contributed by atoms with Gasteiger partial charge in [0, 0.05) is 0 Å². The lowest BCUT2D eigenvalue weighted by molar-refractivity contribution is -0.327. The third-order valence-electron chi connectivity index (χ3n) is 0.808. The van der Waals surface area contributed by atoms with E-state index in [0.29, 0.717) is 0 Å². The summed E-state index contributed by atoms with van der Waals surface area (Å²) in [6.07, 6.45) is -0.252. The van der Waals surface area contributed by atoms with Crippen LogP contribution in [-0.2, 0) is 9.53 Å². The standard InChI is InChI=1S/C5H10O5S3/c6-3(1-5(11,12)13)10-2-4(7,8)9/h7-9,11-13H,1-2H2. The molecule has 13 heavy (non-hydrogen) atoms. The van der Waals surface area contributed by atoms with Crippen molar-refractivity contribution in [1.82, 2.24) is 0 Å². The Hall–Kier alpha value is 0.400. The van der Waals surface area contributed by atoms with Gasteiger partial charge in [0.25, 0.3) is 0 Å². The molecule has 0 unspecified atom stereocenters. The van der Waals surface area contributed by atoms with Gasteiger partial charge in [0.05, 0.1) is 6.42 Å². The molecule has 0 rings (SSSR count). The summed E-state index contributed by atoms with van der Waals surface area (Å²) < 4.78 is 3.11. The van der Waals surface area contributed by atoms with Gasteiger partial charge < -0.3 is 20.1 Å². The molecule has 0 aromatic heterocycles. The molecule has 0 aliphatic rings. The van der Waals surface area contributed by atoms with Crippen LogP contribution in [0, 0.1) is 0 Å². The summed E-state index contributed by atoms with van der Waals surface area (Å²) in [4.78, 5) is 10.8. The highest BCUT2D eigenvalue weighted by atomic mass is 32.2. The zero-order chi connectivity index (χ0) is 10.7. The van der Waals surface area contributed by atoms with E-state index in [2.05, 4.69) is 42.6 Å². The minimum absolute atomic E-state index is 0.252. The Morgan fingerprint density at radius 1 is 1.23 bits per heavy atom. The fraction of sp³-hybridized carbons (Fsp3) is 0.800. The fourth-order valence-corrected chi connectivity index (χ4v) is 0.809. The van der Waals surface area contributed by atoms with Crippen LogP contribution in [0.1, 0.15) is 6.42 Å². The lowest BCUT2D eigenvalue weighted by Gasteiger charge is -2.17. The maximum absolute atomic E-state index is 10.8. The molecule has 0 amide bonds. The van der Waals surface area contributed by atoms with Gasteiger partial charge in [0.15, 0.2) is 6.61 Å². The third kappa shape index (κ3) is 10.3. The quantitative estimate of drug-likeness (QED) is 0.217. The number of esters is 1. The summed E-state index contributed by atoms with van der Waals surface area (Å²) in [6, 6.07) is 0. The molecule has 0 aliphatic heterocycles. The maximum atomic E-state index is 10.8. The largest absolute Gasteiger partial charge is 0.457 e. The first-order valence-electron chi connectivity index (χ1n) is 3.10. The molecule has 0 aromatic rings. The number of carbonyl (C=O) groups is 1. The summed E-state index contributed by atoms with van der Waals surface area (Å²) in [5.41, 5.74) is 0. The van der Waals surface area contributed by atoms with Crippen molar-refractivity contribution in [2.75, 3.05) is 6.61 Å². The number of ether oxygens (including phenoxy) is 1. The Bertz CT molecular complexity index is 182. The van der Waals surface area contributed by atoms with Gasteiger partial charge in [-0.1, -0.05) is 0 Å². The van der Waals surface area contributed by atoms with E-state index in [0.717, 1.165) is 0 Å². The van der Waals surface area contributed by atoms with Crippen molar-refractivity contribution in [3.63, 3.8) is 0 Å². The first-order chi connectivity index (χ1) is 5.60. The number of carbonyl (C=O) groups excluding carboxylic acids is 1. The molecule has 0 aromatic carbocycles. The van der Waals surface area contributed by atoms with E-state index in [9.17, 15) is 4.79 Å². The fourth-order valence-electron chi connectivity index (χ4n) is 0.422. The van der Waals surface area contributed by atoms with Crippen LogP contribution in [-0.4, -0.2) is 37.3 Å². The smallest absolute Gasteiger partial charge is 0.311 e. The van der Waals surface area contributed by atoms with Crippen LogP contribution in [0.5, 0.6) is 0 Å². The van der Waals surface area contributed by atoms with Gasteiger partial charge in [-0.15, -0.1) is 0 Å². The molecule has 78 valence electrons. The zero-order valence-corrected chi connectivity index (χ0v) is 9.10. The highest BCUT2D eigenvalue weighted by molar-refractivity contribution is 8.17. The van der Waals surface area contributed by atoms with E-state index in [-0.39, 0.29) is 6.42 Å². The van der Waals surface area contributed by atoms with Crippen molar-refractivity contribution in [3.8, 4) is 0 Å². The van der Waals surface area contributed by atoms with Crippen molar-refractivity contribution in [1.29, 1.82) is 0 Å². The molecule has 0 heterocycles. The van der Waals surface area contributed by atoms with E-state index >= 15 is 0 Å². The Labute approximate surface area is 91.3 Å². The Kier molecular flexibility index (Phi) is 4.91. The molecule has 0 spiro atoms. The van der Waals surface area contributed by atoms with Crippen LogP contribution < -0.4 is 0 Å². The second-order valence-corrected chi connectivity index (χ2v) is 5.73. The van der Waals surface area contributed by atoms with Gasteiger partial charge >= 0.3 is 11.9 Å². The first-order valence-corrected chi connectivity index (χ1v) is 4.44. The van der Waals surface area contributed by atoms with E-state index < -0.39 is 22.0 Å². The average molecular weight is 246 g/mol. The van der Waals surface area contributed by atoms with Crippen LogP contribution in [0.25, 0.3) is 0 Å². The van der Waals surface area contributed by atoms with Crippen LogP contribution in [0.15, 0.2) is 0 Å². The molecule has 8 heteroatoms.